The highest BCUT2D eigenvalue weighted by atomic mass is 16.1. The molecule has 2 N–H and O–H groups in total. The van der Waals surface area contributed by atoms with E-state index in [2.05, 4.69) is 10.6 Å². The van der Waals surface area contributed by atoms with E-state index in [1.54, 1.807) is 0 Å². The lowest BCUT2D eigenvalue weighted by molar-refractivity contribution is -0.106. The number of hydrogen-bond donors (Lipinski definition) is 2. The number of anilines is 2. The minimum absolute atomic E-state index is 0.583. The fourth-order valence-corrected chi connectivity index (χ4v) is 1.61. The molecule has 0 saturated heterocycles. The molecule has 2 aromatic carbocycles. The van der Waals surface area contributed by atoms with Crippen LogP contribution in [0.4, 0.5) is 11.4 Å². The van der Waals surface area contributed by atoms with Crippen molar-refractivity contribution in [2.45, 2.75) is 0 Å². The van der Waals surface area contributed by atoms with Crippen LogP contribution in [0.15, 0.2) is 36.4 Å². The van der Waals surface area contributed by atoms with Crippen LogP contribution in [0.1, 0.15) is 0 Å². The first kappa shape index (κ1) is 10.2. The third kappa shape index (κ3) is 1.86. The van der Waals surface area contributed by atoms with Crippen LogP contribution in [0.2, 0.25) is 0 Å². The molecule has 4 heteroatoms. The summed E-state index contributed by atoms with van der Waals surface area (Å²) in [6.07, 6.45) is 1.17. The lowest BCUT2D eigenvalue weighted by Crippen LogP contribution is -2.01. The maximum atomic E-state index is 10.4. The molecule has 0 saturated carbocycles. The van der Waals surface area contributed by atoms with Gasteiger partial charge in [0.05, 0.1) is 11.4 Å². The van der Waals surface area contributed by atoms with Gasteiger partial charge in [-0.05, 0) is 22.9 Å². The van der Waals surface area contributed by atoms with Gasteiger partial charge in [0.15, 0.2) is 0 Å². The third-order valence-electron chi connectivity index (χ3n) is 2.31. The molecule has 0 spiro atoms. The predicted molar refractivity (Wildman–Crippen MR) is 63.3 cm³/mol. The molecule has 0 fully saturated rings. The second-order valence-electron chi connectivity index (χ2n) is 3.27. The summed E-state index contributed by atoms with van der Waals surface area (Å²) in [6.45, 7) is 0. The largest absolute Gasteiger partial charge is 0.327 e. The van der Waals surface area contributed by atoms with Gasteiger partial charge in [-0.2, -0.15) is 0 Å². The summed E-state index contributed by atoms with van der Waals surface area (Å²) in [5, 5.41) is 7.11. The summed E-state index contributed by atoms with van der Waals surface area (Å²) in [5.74, 6) is 0. The van der Waals surface area contributed by atoms with Crippen LogP contribution in [0.3, 0.4) is 0 Å². The fourth-order valence-electron chi connectivity index (χ4n) is 1.61. The van der Waals surface area contributed by atoms with E-state index in [1.807, 2.05) is 36.4 Å². The van der Waals surface area contributed by atoms with Gasteiger partial charge < -0.3 is 10.6 Å². The van der Waals surface area contributed by atoms with Crippen LogP contribution in [0, 0.1) is 0 Å². The van der Waals surface area contributed by atoms with Gasteiger partial charge in [0.25, 0.3) is 0 Å². The zero-order valence-electron chi connectivity index (χ0n) is 8.44. The number of rotatable bonds is 4. The Hall–Kier alpha value is -2.36. The van der Waals surface area contributed by atoms with Gasteiger partial charge in [-0.3, -0.25) is 9.59 Å². The lowest BCUT2D eigenvalue weighted by Gasteiger charge is -2.08. The number of fused-ring (bicyclic) bond motifs is 1. The van der Waals surface area contributed by atoms with Crippen LogP contribution in [-0.4, -0.2) is 12.8 Å². The normalized spacial score (nSPS) is 9.75. The Morgan fingerprint density at radius 1 is 0.812 bits per heavy atom. The van der Waals surface area contributed by atoms with E-state index in [4.69, 9.17) is 0 Å². The van der Waals surface area contributed by atoms with E-state index in [-0.39, 0.29) is 0 Å². The zero-order valence-corrected chi connectivity index (χ0v) is 8.44. The first-order valence-electron chi connectivity index (χ1n) is 4.78. The Morgan fingerprint density at radius 3 is 1.62 bits per heavy atom. The number of benzene rings is 2. The summed E-state index contributed by atoms with van der Waals surface area (Å²) in [7, 11) is 0. The van der Waals surface area contributed by atoms with E-state index in [9.17, 15) is 9.59 Å². The van der Waals surface area contributed by atoms with Gasteiger partial charge in [0.1, 0.15) is 0 Å². The molecule has 0 unspecified atom stereocenters. The van der Waals surface area contributed by atoms with Crippen LogP contribution < -0.4 is 10.6 Å². The molecule has 0 heterocycles. The molecular weight excluding hydrogens is 204 g/mol. The first-order chi connectivity index (χ1) is 7.85. The molecule has 0 aliphatic carbocycles. The number of amides is 2. The molecule has 80 valence electrons. The lowest BCUT2D eigenvalue weighted by atomic mass is 10.1. The first-order valence-corrected chi connectivity index (χ1v) is 4.78. The van der Waals surface area contributed by atoms with Crippen molar-refractivity contribution in [3.8, 4) is 0 Å². The van der Waals surface area contributed by atoms with Crippen molar-refractivity contribution >= 4 is 35.0 Å². The van der Waals surface area contributed by atoms with Crippen molar-refractivity contribution in [1.82, 2.24) is 0 Å². The minimum Gasteiger partial charge on any atom is -0.327 e. The van der Waals surface area contributed by atoms with Crippen molar-refractivity contribution in [2.75, 3.05) is 10.6 Å². The van der Waals surface area contributed by atoms with Gasteiger partial charge in [-0.25, -0.2) is 0 Å². The molecule has 2 amide bonds. The summed E-state index contributed by atoms with van der Waals surface area (Å²) in [5.41, 5.74) is 1.17. The average molecular weight is 214 g/mol. The van der Waals surface area contributed by atoms with Gasteiger partial charge in [-0.15, -0.1) is 0 Å². The maximum absolute atomic E-state index is 10.4. The molecule has 0 aromatic heterocycles. The highest BCUT2D eigenvalue weighted by Gasteiger charge is 2.03. The summed E-state index contributed by atoms with van der Waals surface area (Å²) in [4.78, 5) is 20.9. The second kappa shape index (κ2) is 4.44. The minimum atomic E-state index is 0.583. The van der Waals surface area contributed by atoms with Crippen molar-refractivity contribution in [2.24, 2.45) is 0 Å². The predicted octanol–water partition coefficient (Wildman–Crippen LogP) is 1.98. The van der Waals surface area contributed by atoms with E-state index >= 15 is 0 Å². The Balaban J connectivity index is 2.60. The SMILES string of the molecule is O=CNc1cc2ccccc2cc1NC=O. The van der Waals surface area contributed by atoms with E-state index in [0.717, 1.165) is 10.8 Å². The summed E-state index contributed by atoms with van der Waals surface area (Å²) >= 11 is 0. The molecule has 0 atom stereocenters. The molecule has 0 bridgehead atoms. The molecule has 4 nitrogen and oxygen atoms in total. The van der Waals surface area contributed by atoms with Crippen LogP contribution in [0.25, 0.3) is 10.8 Å². The smallest absolute Gasteiger partial charge is 0.211 e. The highest BCUT2D eigenvalue weighted by molar-refractivity contribution is 5.97. The molecule has 0 aliphatic heterocycles. The van der Waals surface area contributed by atoms with Crippen molar-refractivity contribution in [3.05, 3.63) is 36.4 Å². The van der Waals surface area contributed by atoms with Crippen LogP contribution in [-0.2, 0) is 9.59 Å². The summed E-state index contributed by atoms with van der Waals surface area (Å²) < 4.78 is 0. The number of nitrogens with one attached hydrogen (secondary N) is 2. The third-order valence-corrected chi connectivity index (χ3v) is 2.31. The summed E-state index contributed by atoms with van der Waals surface area (Å²) in [6, 6.07) is 11.3. The number of carbonyl (C=O) groups excluding carboxylic acids is 2. The van der Waals surface area contributed by atoms with E-state index < -0.39 is 0 Å². The van der Waals surface area contributed by atoms with Gasteiger partial charge in [0.2, 0.25) is 12.8 Å². The topological polar surface area (TPSA) is 58.2 Å². The van der Waals surface area contributed by atoms with Crippen molar-refractivity contribution in [1.29, 1.82) is 0 Å². The molecule has 16 heavy (non-hydrogen) atoms. The molecule has 0 radical (unpaired) electrons. The molecule has 2 rings (SSSR count). The van der Waals surface area contributed by atoms with E-state index in [1.165, 1.54) is 0 Å². The van der Waals surface area contributed by atoms with Crippen molar-refractivity contribution in [3.63, 3.8) is 0 Å². The fraction of sp³-hybridized carbons (Fsp3) is 0. The average Bonchev–Trinajstić information content (AvgIpc) is 2.30. The van der Waals surface area contributed by atoms with Gasteiger partial charge >= 0.3 is 0 Å². The van der Waals surface area contributed by atoms with Crippen LogP contribution >= 0.6 is 0 Å². The molecule has 2 aromatic rings. The van der Waals surface area contributed by atoms with Gasteiger partial charge in [-0.1, -0.05) is 24.3 Å². The van der Waals surface area contributed by atoms with Crippen LogP contribution in [0.5, 0.6) is 0 Å². The maximum Gasteiger partial charge on any atom is 0.211 e. The number of carbonyl (C=O) groups is 2. The highest BCUT2D eigenvalue weighted by Crippen LogP contribution is 2.27. The second-order valence-corrected chi connectivity index (χ2v) is 3.27. The Kier molecular flexibility index (Phi) is 2.82. The number of hydrogen-bond acceptors (Lipinski definition) is 2. The van der Waals surface area contributed by atoms with Crippen molar-refractivity contribution < 1.29 is 9.59 Å². The standard InChI is InChI=1S/C12H10N2O2/c15-7-13-11-5-9-3-1-2-4-10(9)6-12(11)14-8-16/h1-8H,(H,13,15)(H,14,16). The molecule has 0 aliphatic rings. The Bertz CT molecular complexity index is 489. The van der Waals surface area contributed by atoms with E-state index in [0.29, 0.717) is 24.2 Å². The Labute approximate surface area is 92.3 Å². The quantitative estimate of drug-likeness (QED) is 0.764. The van der Waals surface area contributed by atoms with Gasteiger partial charge in [0, 0.05) is 0 Å². The monoisotopic (exact) mass is 214 g/mol. The zero-order chi connectivity index (χ0) is 11.4. The Morgan fingerprint density at radius 2 is 1.25 bits per heavy atom. The molecular formula is C12H10N2O2.